The van der Waals surface area contributed by atoms with E-state index in [1.165, 1.54) is 37.9 Å². The Bertz CT molecular complexity index is 606. The largest absolute Gasteiger partial charge is 0.297 e. The molecular weight excluding hydrogens is 280 g/mol. The van der Waals surface area contributed by atoms with E-state index in [1.54, 1.807) is 0 Å². The van der Waals surface area contributed by atoms with Gasteiger partial charge in [0.25, 0.3) is 0 Å². The lowest BCUT2D eigenvalue weighted by molar-refractivity contribution is 0.174. The van der Waals surface area contributed by atoms with Crippen LogP contribution in [0.3, 0.4) is 0 Å². The first kappa shape index (κ1) is 14.6. The number of piperidine rings is 1. The van der Waals surface area contributed by atoms with Crippen molar-refractivity contribution in [3.63, 3.8) is 0 Å². The maximum Gasteiger partial charge on any atom is 0.0412 e. The number of likely N-dealkylation sites (tertiary alicyclic amines) is 1. The summed E-state index contributed by atoms with van der Waals surface area (Å²) < 4.78 is 0. The van der Waals surface area contributed by atoms with E-state index < -0.39 is 0 Å². The minimum atomic E-state index is 0.428. The van der Waals surface area contributed by atoms with Crippen LogP contribution >= 0.6 is 11.6 Å². The Morgan fingerprint density at radius 2 is 1.86 bits per heavy atom. The SMILES string of the molecule is CC(c1cncc(-c2cccc(Cl)c2)c1)N1CCCCC1. The van der Waals surface area contributed by atoms with Crippen molar-refractivity contribution >= 4 is 11.6 Å². The molecule has 0 amide bonds. The zero-order chi connectivity index (χ0) is 14.7. The molecule has 1 aromatic heterocycles. The van der Waals surface area contributed by atoms with Crippen LogP contribution in [-0.2, 0) is 0 Å². The van der Waals surface area contributed by atoms with Gasteiger partial charge in [-0.15, -0.1) is 0 Å². The molecule has 0 bridgehead atoms. The van der Waals surface area contributed by atoms with Gasteiger partial charge in [-0.05, 0) is 62.2 Å². The van der Waals surface area contributed by atoms with Gasteiger partial charge in [0.15, 0.2) is 0 Å². The molecule has 0 radical (unpaired) electrons. The van der Waals surface area contributed by atoms with Gasteiger partial charge in [-0.1, -0.05) is 30.2 Å². The standard InChI is InChI=1S/C18H21ClN2/c1-14(21-8-3-2-4-9-21)16-10-17(13-20-12-16)15-6-5-7-18(19)11-15/h5-7,10-14H,2-4,8-9H2,1H3. The molecule has 1 aliphatic rings. The van der Waals surface area contributed by atoms with Crippen molar-refractivity contribution in [2.45, 2.75) is 32.2 Å². The second-order valence-corrected chi connectivity index (χ2v) is 6.23. The summed E-state index contributed by atoms with van der Waals surface area (Å²) in [5.74, 6) is 0. The van der Waals surface area contributed by atoms with Crippen LogP contribution in [0.5, 0.6) is 0 Å². The Kier molecular flexibility index (Phi) is 4.57. The fraction of sp³-hybridized carbons (Fsp3) is 0.389. The Labute approximate surface area is 131 Å². The second-order valence-electron chi connectivity index (χ2n) is 5.79. The van der Waals surface area contributed by atoms with Gasteiger partial charge in [0, 0.05) is 29.0 Å². The third-order valence-corrected chi connectivity index (χ3v) is 4.57. The molecule has 0 N–H and O–H groups in total. The smallest absolute Gasteiger partial charge is 0.0412 e. The number of hydrogen-bond acceptors (Lipinski definition) is 2. The Morgan fingerprint density at radius 1 is 1.05 bits per heavy atom. The number of aromatic nitrogens is 1. The van der Waals surface area contributed by atoms with Crippen LogP contribution in [0.15, 0.2) is 42.7 Å². The van der Waals surface area contributed by atoms with E-state index >= 15 is 0 Å². The Morgan fingerprint density at radius 3 is 2.62 bits per heavy atom. The van der Waals surface area contributed by atoms with Crippen LogP contribution in [0.2, 0.25) is 5.02 Å². The average molecular weight is 301 g/mol. The first-order chi connectivity index (χ1) is 10.2. The fourth-order valence-electron chi connectivity index (χ4n) is 3.03. The number of benzene rings is 1. The molecule has 21 heavy (non-hydrogen) atoms. The summed E-state index contributed by atoms with van der Waals surface area (Å²) >= 11 is 6.09. The van der Waals surface area contributed by atoms with E-state index in [9.17, 15) is 0 Å². The molecule has 3 rings (SSSR count). The maximum absolute atomic E-state index is 6.09. The van der Waals surface area contributed by atoms with E-state index in [4.69, 9.17) is 11.6 Å². The third kappa shape index (κ3) is 3.45. The second kappa shape index (κ2) is 6.59. The lowest BCUT2D eigenvalue weighted by Gasteiger charge is -2.32. The van der Waals surface area contributed by atoms with Crippen molar-refractivity contribution in [3.8, 4) is 11.1 Å². The molecule has 110 valence electrons. The van der Waals surface area contributed by atoms with Crippen molar-refractivity contribution < 1.29 is 0 Å². The van der Waals surface area contributed by atoms with Crippen molar-refractivity contribution in [3.05, 3.63) is 53.3 Å². The Hall–Kier alpha value is -1.38. The number of rotatable bonds is 3. The monoisotopic (exact) mass is 300 g/mol. The molecular formula is C18H21ClN2. The summed E-state index contributed by atoms with van der Waals surface area (Å²) in [5.41, 5.74) is 3.55. The van der Waals surface area contributed by atoms with Gasteiger partial charge in [-0.3, -0.25) is 9.88 Å². The van der Waals surface area contributed by atoms with Crippen LogP contribution in [0, 0.1) is 0 Å². The van der Waals surface area contributed by atoms with E-state index in [2.05, 4.69) is 28.9 Å². The topological polar surface area (TPSA) is 16.1 Å². The molecule has 2 heterocycles. The van der Waals surface area contributed by atoms with Crippen molar-refractivity contribution in [2.24, 2.45) is 0 Å². The summed E-state index contributed by atoms with van der Waals surface area (Å²) in [4.78, 5) is 6.99. The lowest BCUT2D eigenvalue weighted by atomic mass is 10.0. The number of pyridine rings is 1. The van der Waals surface area contributed by atoms with Crippen LogP contribution in [0.4, 0.5) is 0 Å². The fourth-order valence-corrected chi connectivity index (χ4v) is 3.22. The predicted molar refractivity (Wildman–Crippen MR) is 88.5 cm³/mol. The maximum atomic E-state index is 6.09. The lowest BCUT2D eigenvalue weighted by Crippen LogP contribution is -2.32. The number of nitrogens with zero attached hydrogens (tertiary/aromatic N) is 2. The molecule has 1 saturated heterocycles. The highest BCUT2D eigenvalue weighted by Crippen LogP contribution is 2.28. The predicted octanol–water partition coefficient (Wildman–Crippen LogP) is 4.95. The average Bonchev–Trinajstić information content (AvgIpc) is 2.55. The first-order valence-corrected chi connectivity index (χ1v) is 8.07. The minimum Gasteiger partial charge on any atom is -0.297 e. The molecule has 1 aliphatic heterocycles. The Balaban J connectivity index is 1.85. The van der Waals surface area contributed by atoms with Crippen molar-refractivity contribution in [2.75, 3.05) is 13.1 Å². The minimum absolute atomic E-state index is 0.428. The summed E-state index contributed by atoms with van der Waals surface area (Å²) in [6, 6.07) is 10.6. The molecule has 3 heteroatoms. The van der Waals surface area contributed by atoms with Gasteiger partial charge in [0.1, 0.15) is 0 Å². The van der Waals surface area contributed by atoms with Gasteiger partial charge >= 0.3 is 0 Å². The van der Waals surface area contributed by atoms with Gasteiger partial charge < -0.3 is 0 Å². The van der Waals surface area contributed by atoms with E-state index in [-0.39, 0.29) is 0 Å². The zero-order valence-electron chi connectivity index (χ0n) is 12.4. The molecule has 1 fully saturated rings. The van der Waals surface area contributed by atoms with E-state index in [0.717, 1.165) is 16.1 Å². The molecule has 1 aromatic carbocycles. The number of hydrogen-bond donors (Lipinski definition) is 0. The van der Waals surface area contributed by atoms with Crippen LogP contribution in [0.25, 0.3) is 11.1 Å². The van der Waals surface area contributed by atoms with Crippen LogP contribution < -0.4 is 0 Å². The highest BCUT2D eigenvalue weighted by molar-refractivity contribution is 6.30. The molecule has 0 saturated carbocycles. The highest BCUT2D eigenvalue weighted by Gasteiger charge is 2.18. The quantitative estimate of drug-likeness (QED) is 0.797. The third-order valence-electron chi connectivity index (χ3n) is 4.34. The highest BCUT2D eigenvalue weighted by atomic mass is 35.5. The molecule has 1 unspecified atom stereocenters. The molecule has 0 spiro atoms. The van der Waals surface area contributed by atoms with Crippen molar-refractivity contribution in [1.82, 2.24) is 9.88 Å². The molecule has 2 nitrogen and oxygen atoms in total. The van der Waals surface area contributed by atoms with Gasteiger partial charge in [-0.25, -0.2) is 0 Å². The van der Waals surface area contributed by atoms with Gasteiger partial charge in [-0.2, -0.15) is 0 Å². The van der Waals surface area contributed by atoms with E-state index in [1.807, 2.05) is 30.6 Å². The number of halogens is 1. The van der Waals surface area contributed by atoms with Gasteiger partial charge in [0.05, 0.1) is 0 Å². The molecule has 2 aromatic rings. The summed E-state index contributed by atoms with van der Waals surface area (Å²) in [5, 5.41) is 0.766. The van der Waals surface area contributed by atoms with E-state index in [0.29, 0.717) is 6.04 Å². The van der Waals surface area contributed by atoms with Crippen LogP contribution in [0.1, 0.15) is 37.8 Å². The summed E-state index contributed by atoms with van der Waals surface area (Å²) in [7, 11) is 0. The summed E-state index contributed by atoms with van der Waals surface area (Å²) in [6.07, 6.45) is 7.90. The van der Waals surface area contributed by atoms with Crippen LogP contribution in [-0.4, -0.2) is 23.0 Å². The molecule has 1 atom stereocenters. The van der Waals surface area contributed by atoms with Crippen molar-refractivity contribution in [1.29, 1.82) is 0 Å². The van der Waals surface area contributed by atoms with Gasteiger partial charge in [0.2, 0.25) is 0 Å². The molecule has 0 aliphatic carbocycles. The summed E-state index contributed by atoms with van der Waals surface area (Å²) in [6.45, 7) is 4.68. The zero-order valence-corrected chi connectivity index (χ0v) is 13.2. The first-order valence-electron chi connectivity index (χ1n) is 7.69. The normalized spacial score (nSPS) is 17.6.